The quantitative estimate of drug-likeness (QED) is 0.400. The van der Waals surface area contributed by atoms with Crippen LogP contribution in [0.25, 0.3) is 0 Å². The summed E-state index contributed by atoms with van der Waals surface area (Å²) < 4.78 is 5.70. The fraction of sp³-hybridized carbons (Fsp3) is 0.593. The summed E-state index contributed by atoms with van der Waals surface area (Å²) in [5, 5.41) is 22.5. The molecule has 38 heavy (non-hydrogen) atoms. The molecule has 2 saturated carbocycles. The minimum absolute atomic E-state index is 0.00617. The lowest BCUT2D eigenvalue weighted by molar-refractivity contribution is -0.181. The van der Waals surface area contributed by atoms with Crippen LogP contribution < -0.4 is 10.5 Å². The van der Waals surface area contributed by atoms with Crippen LogP contribution in [-0.2, 0) is 32.1 Å². The number of fused-ring (bicyclic) bond motifs is 3. The molecule has 3 aliphatic carbocycles. The standard InChI is InChI=1S/C27H35N3O8/c1-6-7-30(4)11-13-10-16(31)18-14(23(13)38-5)8-12-9-15-20(29(2)3)22(33)19(26(28)36)25(35)27(15,37)24(34)17(12)21(18)32/h10,12,15,17,19-20,31,37H,6-9,11H2,1-5H3,(H2,28,36)/t12-,15-,17?,19?,20-,27-/m0/s1. The third-order valence-electron chi connectivity index (χ3n) is 8.34. The summed E-state index contributed by atoms with van der Waals surface area (Å²) in [7, 11) is 6.50. The summed E-state index contributed by atoms with van der Waals surface area (Å²) in [4.78, 5) is 69.7. The highest BCUT2D eigenvalue weighted by atomic mass is 16.5. The monoisotopic (exact) mass is 529 g/mol. The molecule has 2 fully saturated rings. The molecule has 0 bridgehead atoms. The van der Waals surface area contributed by atoms with Crippen molar-refractivity contribution < 1.29 is 38.9 Å². The fourth-order valence-electron chi connectivity index (χ4n) is 6.84. The van der Waals surface area contributed by atoms with E-state index in [1.54, 1.807) is 14.1 Å². The largest absolute Gasteiger partial charge is 0.507 e. The van der Waals surface area contributed by atoms with Gasteiger partial charge in [0.15, 0.2) is 34.7 Å². The molecule has 0 aliphatic heterocycles. The van der Waals surface area contributed by atoms with Crippen molar-refractivity contribution in [2.45, 2.75) is 44.4 Å². The number of Topliss-reactive ketones (excluding diaryl/α,β-unsaturated/α-hetero) is 4. The number of benzene rings is 1. The van der Waals surface area contributed by atoms with Crippen molar-refractivity contribution in [3.05, 3.63) is 22.8 Å². The number of primary amides is 1. The first-order valence-corrected chi connectivity index (χ1v) is 12.8. The van der Waals surface area contributed by atoms with E-state index < -0.39 is 64.4 Å². The van der Waals surface area contributed by atoms with Gasteiger partial charge in [0.25, 0.3) is 0 Å². The number of phenolic OH excluding ortho intramolecular Hbond substituents is 1. The number of rotatable bonds is 7. The highest BCUT2D eigenvalue weighted by Crippen LogP contribution is 2.52. The average molecular weight is 530 g/mol. The number of methoxy groups -OCH3 is 1. The topological polar surface area (TPSA) is 168 Å². The van der Waals surface area contributed by atoms with E-state index in [2.05, 4.69) is 4.90 Å². The minimum Gasteiger partial charge on any atom is -0.507 e. The summed E-state index contributed by atoms with van der Waals surface area (Å²) in [6, 6.07) is 0.309. The second kappa shape index (κ2) is 9.87. The number of aromatic hydroxyl groups is 1. The predicted octanol–water partition coefficient (Wildman–Crippen LogP) is -0.283. The van der Waals surface area contributed by atoms with Crippen LogP contribution in [0.4, 0.5) is 0 Å². The number of ether oxygens (including phenoxy) is 1. The summed E-state index contributed by atoms with van der Waals surface area (Å²) in [6.45, 7) is 3.31. The van der Waals surface area contributed by atoms with Crippen molar-refractivity contribution in [2.24, 2.45) is 29.4 Å². The second-order valence-corrected chi connectivity index (χ2v) is 11.0. The van der Waals surface area contributed by atoms with Crippen molar-refractivity contribution in [3.63, 3.8) is 0 Å². The summed E-state index contributed by atoms with van der Waals surface area (Å²) in [5.74, 6) is -10.2. The number of ketones is 4. The van der Waals surface area contributed by atoms with Gasteiger partial charge in [0.2, 0.25) is 5.91 Å². The molecule has 0 saturated heterocycles. The molecule has 2 unspecified atom stereocenters. The Morgan fingerprint density at radius 3 is 2.39 bits per heavy atom. The van der Waals surface area contributed by atoms with E-state index in [-0.39, 0.29) is 24.2 Å². The Kier molecular flexibility index (Phi) is 7.24. The van der Waals surface area contributed by atoms with E-state index in [1.165, 1.54) is 18.1 Å². The molecule has 4 rings (SSSR count). The van der Waals surface area contributed by atoms with Crippen molar-refractivity contribution in [3.8, 4) is 11.5 Å². The van der Waals surface area contributed by atoms with Gasteiger partial charge < -0.3 is 25.6 Å². The van der Waals surface area contributed by atoms with Crippen LogP contribution in [0.15, 0.2) is 6.07 Å². The smallest absolute Gasteiger partial charge is 0.235 e. The summed E-state index contributed by atoms with van der Waals surface area (Å²) in [5.41, 5.74) is 3.67. The Morgan fingerprint density at radius 2 is 1.84 bits per heavy atom. The molecule has 0 spiro atoms. The van der Waals surface area contributed by atoms with Crippen molar-refractivity contribution in [1.29, 1.82) is 0 Å². The van der Waals surface area contributed by atoms with Gasteiger partial charge in [0.1, 0.15) is 11.5 Å². The Balaban J connectivity index is 1.84. The van der Waals surface area contributed by atoms with Gasteiger partial charge in [0, 0.05) is 23.6 Å². The van der Waals surface area contributed by atoms with Gasteiger partial charge in [0.05, 0.1) is 24.6 Å². The van der Waals surface area contributed by atoms with Crippen molar-refractivity contribution >= 4 is 29.0 Å². The van der Waals surface area contributed by atoms with Crippen molar-refractivity contribution in [2.75, 3.05) is 34.8 Å². The van der Waals surface area contributed by atoms with Gasteiger partial charge in [-0.1, -0.05) is 6.92 Å². The molecule has 11 heteroatoms. The molecule has 1 aromatic rings. The van der Waals surface area contributed by atoms with E-state index in [4.69, 9.17) is 10.5 Å². The second-order valence-electron chi connectivity index (χ2n) is 11.0. The zero-order valence-electron chi connectivity index (χ0n) is 22.3. The molecule has 0 heterocycles. The highest BCUT2D eigenvalue weighted by molar-refractivity contribution is 6.32. The van der Waals surface area contributed by atoms with Gasteiger partial charge in [-0.05, 0) is 58.9 Å². The molecule has 1 amide bonds. The fourth-order valence-corrected chi connectivity index (χ4v) is 6.84. The van der Waals surface area contributed by atoms with Crippen LogP contribution in [0.2, 0.25) is 0 Å². The number of carbonyl (C=O) groups excluding carboxylic acids is 5. The summed E-state index contributed by atoms with van der Waals surface area (Å²) >= 11 is 0. The van der Waals surface area contributed by atoms with E-state index >= 15 is 0 Å². The molecule has 1 aromatic carbocycles. The lowest BCUT2D eigenvalue weighted by atomic mass is 9.52. The number of amides is 1. The first kappa shape index (κ1) is 27.9. The molecule has 0 aromatic heterocycles. The van der Waals surface area contributed by atoms with Gasteiger partial charge >= 0.3 is 0 Å². The zero-order chi connectivity index (χ0) is 28.3. The molecular formula is C27H35N3O8. The van der Waals surface area contributed by atoms with Gasteiger partial charge in [-0.25, -0.2) is 0 Å². The van der Waals surface area contributed by atoms with E-state index in [1.807, 2.05) is 14.0 Å². The van der Waals surface area contributed by atoms with Gasteiger partial charge in [-0.2, -0.15) is 0 Å². The van der Waals surface area contributed by atoms with E-state index in [0.717, 1.165) is 13.0 Å². The molecule has 4 N–H and O–H groups in total. The molecule has 6 atom stereocenters. The zero-order valence-corrected chi connectivity index (χ0v) is 22.3. The van der Waals surface area contributed by atoms with E-state index in [9.17, 15) is 34.2 Å². The summed E-state index contributed by atoms with van der Waals surface area (Å²) in [6.07, 6.45) is 1.08. The number of aliphatic hydroxyl groups is 1. The maximum atomic E-state index is 13.8. The first-order valence-electron chi connectivity index (χ1n) is 12.8. The van der Waals surface area contributed by atoms with Crippen LogP contribution >= 0.6 is 0 Å². The number of phenols is 1. The van der Waals surface area contributed by atoms with Crippen molar-refractivity contribution in [1.82, 2.24) is 9.80 Å². The molecular weight excluding hydrogens is 494 g/mol. The number of likely N-dealkylation sites (N-methyl/N-ethyl adjacent to an activating group) is 1. The van der Waals surface area contributed by atoms with Crippen LogP contribution in [-0.4, -0.2) is 95.5 Å². The third kappa shape index (κ3) is 3.95. The predicted molar refractivity (Wildman–Crippen MR) is 135 cm³/mol. The molecule has 3 aliphatic rings. The maximum absolute atomic E-state index is 13.8. The van der Waals surface area contributed by atoms with Crippen LogP contribution in [0, 0.1) is 23.7 Å². The van der Waals surface area contributed by atoms with Crippen LogP contribution in [0.3, 0.4) is 0 Å². The Hall–Kier alpha value is -3.15. The Bertz CT molecular complexity index is 1230. The SMILES string of the molecule is CCCN(C)Cc1cc(O)c2c(c1OC)C[C@H]1C[C@H]3[C@H](N(C)C)C(=O)C(C(N)=O)C(=O)[C@@]3(O)C(=O)C1C2=O. The molecule has 11 nitrogen and oxygen atoms in total. The number of nitrogens with zero attached hydrogens (tertiary/aromatic N) is 2. The molecule has 0 radical (unpaired) electrons. The lowest BCUT2D eigenvalue weighted by Gasteiger charge is -2.52. The number of carbonyl (C=O) groups is 5. The number of nitrogens with two attached hydrogens (primary N) is 1. The normalized spacial score (nSPS) is 30.8. The van der Waals surface area contributed by atoms with Gasteiger partial charge in [-0.15, -0.1) is 0 Å². The first-order chi connectivity index (χ1) is 17.8. The number of hydrogen-bond donors (Lipinski definition) is 3. The van der Waals surface area contributed by atoms with Gasteiger partial charge in [-0.3, -0.25) is 28.9 Å². The van der Waals surface area contributed by atoms with Crippen LogP contribution in [0.5, 0.6) is 11.5 Å². The average Bonchev–Trinajstić information content (AvgIpc) is 2.81. The third-order valence-corrected chi connectivity index (χ3v) is 8.34. The Labute approximate surface area is 220 Å². The minimum atomic E-state index is -2.74. The molecule has 206 valence electrons. The highest BCUT2D eigenvalue weighted by Gasteiger charge is 2.69. The number of hydrogen-bond acceptors (Lipinski definition) is 10. The van der Waals surface area contributed by atoms with Crippen LogP contribution in [0.1, 0.15) is 41.3 Å². The lowest BCUT2D eigenvalue weighted by Crippen LogP contribution is -2.74. The van der Waals surface area contributed by atoms with E-state index in [0.29, 0.717) is 23.4 Å². The maximum Gasteiger partial charge on any atom is 0.235 e. The Morgan fingerprint density at radius 1 is 1.18 bits per heavy atom.